The second-order valence-electron chi connectivity index (χ2n) is 5.69. The fourth-order valence-corrected chi connectivity index (χ4v) is 2.68. The first kappa shape index (κ1) is 19.2. The van der Waals surface area contributed by atoms with E-state index in [9.17, 15) is 18.0 Å². The lowest BCUT2D eigenvalue weighted by Crippen LogP contribution is -2.20. The molecule has 1 aliphatic rings. The molecule has 0 radical (unpaired) electrons. The predicted molar refractivity (Wildman–Crippen MR) is 93.0 cm³/mol. The first-order chi connectivity index (χ1) is 12.8. The summed E-state index contributed by atoms with van der Waals surface area (Å²) in [5.41, 5.74) is 0.282. The lowest BCUT2D eigenvalue weighted by molar-refractivity contribution is -0.153. The Bertz CT molecular complexity index is 842. The Morgan fingerprint density at radius 1 is 1.19 bits per heavy atom. The molecule has 1 N–H and O–H groups in total. The Kier molecular flexibility index (Phi) is 5.65. The van der Waals surface area contributed by atoms with Gasteiger partial charge in [0, 0.05) is 12.0 Å². The average Bonchev–Trinajstić information content (AvgIpc) is 2.86. The number of ether oxygens (including phenoxy) is 3. The maximum atomic E-state index is 12.5. The fourth-order valence-electron chi connectivity index (χ4n) is 2.41. The monoisotopic (exact) mass is 401 g/mol. The Morgan fingerprint density at radius 3 is 2.70 bits per heavy atom. The summed E-state index contributed by atoms with van der Waals surface area (Å²) < 4.78 is 52.9. The number of fused-ring (bicyclic) bond motifs is 1. The van der Waals surface area contributed by atoms with Crippen LogP contribution in [0, 0.1) is 0 Å². The molecule has 9 heteroatoms. The highest BCUT2D eigenvalue weighted by Crippen LogP contribution is 2.38. The Hall–Kier alpha value is -2.61. The van der Waals surface area contributed by atoms with Crippen LogP contribution >= 0.6 is 11.6 Å². The smallest absolute Gasteiger partial charge is 0.422 e. The SMILES string of the molecule is O=C(Nc1ccccc1OCC(F)(F)F)c1cc(Cl)c2c(c1)OCCCO2. The Morgan fingerprint density at radius 2 is 1.93 bits per heavy atom. The van der Waals surface area contributed by atoms with E-state index in [-0.39, 0.29) is 22.0 Å². The molecule has 0 saturated heterocycles. The zero-order chi connectivity index (χ0) is 19.4. The number of anilines is 1. The number of hydrogen-bond acceptors (Lipinski definition) is 4. The maximum Gasteiger partial charge on any atom is 0.422 e. The molecule has 0 saturated carbocycles. The van der Waals surface area contributed by atoms with Gasteiger partial charge in [-0.3, -0.25) is 4.79 Å². The van der Waals surface area contributed by atoms with Crippen LogP contribution in [0.5, 0.6) is 17.2 Å². The zero-order valence-electron chi connectivity index (χ0n) is 13.9. The summed E-state index contributed by atoms with van der Waals surface area (Å²) in [6, 6.07) is 8.73. The highest BCUT2D eigenvalue weighted by atomic mass is 35.5. The van der Waals surface area contributed by atoms with Crippen molar-refractivity contribution in [3.05, 3.63) is 47.0 Å². The molecule has 3 rings (SSSR count). The van der Waals surface area contributed by atoms with Gasteiger partial charge in [-0.2, -0.15) is 13.2 Å². The van der Waals surface area contributed by atoms with Crippen molar-refractivity contribution in [2.24, 2.45) is 0 Å². The number of halogens is 4. The molecule has 0 fully saturated rings. The number of amides is 1. The van der Waals surface area contributed by atoms with E-state index in [1.807, 2.05) is 0 Å². The zero-order valence-corrected chi connectivity index (χ0v) is 14.7. The van der Waals surface area contributed by atoms with Crippen LogP contribution in [0.4, 0.5) is 18.9 Å². The van der Waals surface area contributed by atoms with Crippen molar-refractivity contribution in [2.45, 2.75) is 12.6 Å². The molecular formula is C18H15ClF3NO4. The van der Waals surface area contributed by atoms with E-state index in [1.165, 1.54) is 30.3 Å². The largest absolute Gasteiger partial charge is 0.489 e. The molecule has 144 valence electrons. The predicted octanol–water partition coefficient (Wildman–Crippen LogP) is 4.69. The number of benzene rings is 2. The van der Waals surface area contributed by atoms with Crippen molar-refractivity contribution < 1.29 is 32.2 Å². The third kappa shape index (κ3) is 4.97. The van der Waals surface area contributed by atoms with Crippen molar-refractivity contribution in [3.8, 4) is 17.2 Å². The van der Waals surface area contributed by atoms with Crippen molar-refractivity contribution in [2.75, 3.05) is 25.1 Å². The normalized spacial score (nSPS) is 13.6. The summed E-state index contributed by atoms with van der Waals surface area (Å²) in [4.78, 5) is 12.5. The minimum absolute atomic E-state index is 0.0939. The number of hydrogen-bond donors (Lipinski definition) is 1. The van der Waals surface area contributed by atoms with E-state index in [2.05, 4.69) is 5.32 Å². The van der Waals surface area contributed by atoms with Crippen LogP contribution in [-0.4, -0.2) is 31.9 Å². The Labute approximate surface area is 158 Å². The summed E-state index contributed by atoms with van der Waals surface area (Å²) in [7, 11) is 0. The molecule has 5 nitrogen and oxygen atoms in total. The van der Waals surface area contributed by atoms with Crippen LogP contribution in [-0.2, 0) is 0 Å². The van der Waals surface area contributed by atoms with E-state index < -0.39 is 18.7 Å². The summed E-state index contributed by atoms with van der Waals surface area (Å²) in [6.45, 7) is -0.597. The molecule has 0 aromatic heterocycles. The van der Waals surface area contributed by atoms with E-state index in [4.69, 9.17) is 25.8 Å². The second kappa shape index (κ2) is 7.96. The van der Waals surface area contributed by atoms with Gasteiger partial charge in [0.1, 0.15) is 5.75 Å². The standard InChI is InChI=1S/C18H15ClF3NO4/c19-12-8-11(9-15-16(12)26-7-3-6-25-15)17(24)23-13-4-1-2-5-14(13)27-10-18(20,21)22/h1-2,4-5,8-9H,3,6-7,10H2,(H,23,24). The van der Waals surface area contributed by atoms with Gasteiger partial charge in [0.15, 0.2) is 18.1 Å². The summed E-state index contributed by atoms with van der Waals surface area (Å²) in [5, 5.41) is 2.74. The number of carbonyl (C=O) groups is 1. The van der Waals surface area contributed by atoms with Crippen LogP contribution in [0.1, 0.15) is 16.8 Å². The van der Waals surface area contributed by atoms with Crippen LogP contribution < -0.4 is 19.5 Å². The summed E-state index contributed by atoms with van der Waals surface area (Å²) in [6.07, 6.45) is -3.81. The fraction of sp³-hybridized carbons (Fsp3) is 0.278. The van der Waals surface area contributed by atoms with Crippen LogP contribution in [0.15, 0.2) is 36.4 Å². The second-order valence-corrected chi connectivity index (χ2v) is 6.10. The maximum absolute atomic E-state index is 12.5. The number of rotatable bonds is 4. The molecule has 0 bridgehead atoms. The summed E-state index contributed by atoms with van der Waals surface area (Å²) >= 11 is 6.16. The first-order valence-corrected chi connectivity index (χ1v) is 8.40. The molecule has 0 aliphatic carbocycles. The molecule has 1 heterocycles. The number of nitrogens with one attached hydrogen (secondary N) is 1. The lowest BCUT2D eigenvalue weighted by atomic mass is 10.1. The summed E-state index contributed by atoms with van der Waals surface area (Å²) in [5.74, 6) is 0.0330. The molecule has 2 aromatic rings. The van der Waals surface area contributed by atoms with E-state index >= 15 is 0 Å². The van der Waals surface area contributed by atoms with Crippen molar-refractivity contribution >= 4 is 23.2 Å². The highest BCUT2D eigenvalue weighted by Gasteiger charge is 2.29. The van der Waals surface area contributed by atoms with Gasteiger partial charge in [-0.1, -0.05) is 23.7 Å². The van der Waals surface area contributed by atoms with Gasteiger partial charge < -0.3 is 19.5 Å². The highest BCUT2D eigenvalue weighted by molar-refractivity contribution is 6.32. The van der Waals surface area contributed by atoms with Gasteiger partial charge in [-0.15, -0.1) is 0 Å². The average molecular weight is 402 g/mol. The Balaban J connectivity index is 1.80. The molecule has 0 spiro atoms. The molecule has 27 heavy (non-hydrogen) atoms. The minimum atomic E-state index is -4.49. The van der Waals surface area contributed by atoms with Crippen LogP contribution in [0.2, 0.25) is 5.02 Å². The topological polar surface area (TPSA) is 56.8 Å². The van der Waals surface area contributed by atoms with E-state index in [0.717, 1.165) is 0 Å². The van der Waals surface area contributed by atoms with Crippen molar-refractivity contribution in [3.63, 3.8) is 0 Å². The third-order valence-corrected chi connectivity index (χ3v) is 3.87. The van der Waals surface area contributed by atoms with Gasteiger partial charge in [0.05, 0.1) is 23.9 Å². The third-order valence-electron chi connectivity index (χ3n) is 3.59. The van der Waals surface area contributed by atoms with E-state index in [1.54, 1.807) is 6.07 Å². The van der Waals surface area contributed by atoms with E-state index in [0.29, 0.717) is 31.1 Å². The van der Waals surface area contributed by atoms with Gasteiger partial charge in [-0.05, 0) is 24.3 Å². The van der Waals surface area contributed by atoms with Crippen molar-refractivity contribution in [1.29, 1.82) is 0 Å². The quantitative estimate of drug-likeness (QED) is 0.807. The van der Waals surface area contributed by atoms with Gasteiger partial charge in [0.2, 0.25) is 0 Å². The number of para-hydroxylation sites is 2. The molecule has 1 amide bonds. The van der Waals surface area contributed by atoms with Gasteiger partial charge in [0.25, 0.3) is 5.91 Å². The molecule has 0 atom stereocenters. The molecule has 2 aromatic carbocycles. The van der Waals surface area contributed by atoms with Crippen LogP contribution in [0.3, 0.4) is 0 Å². The molecular weight excluding hydrogens is 387 g/mol. The van der Waals surface area contributed by atoms with Gasteiger partial charge in [-0.25, -0.2) is 0 Å². The number of carbonyl (C=O) groups excluding carboxylic acids is 1. The number of alkyl halides is 3. The first-order valence-electron chi connectivity index (χ1n) is 8.02. The lowest BCUT2D eigenvalue weighted by Gasteiger charge is -2.15. The minimum Gasteiger partial charge on any atom is -0.489 e. The molecule has 1 aliphatic heterocycles. The van der Waals surface area contributed by atoms with Crippen molar-refractivity contribution in [1.82, 2.24) is 0 Å². The van der Waals surface area contributed by atoms with Crippen LogP contribution in [0.25, 0.3) is 0 Å². The van der Waals surface area contributed by atoms with Gasteiger partial charge >= 0.3 is 6.18 Å². The molecule has 0 unspecified atom stereocenters.